The van der Waals surface area contributed by atoms with Crippen LogP contribution in [0.15, 0.2) is 29.2 Å². The average Bonchev–Trinajstić information content (AvgIpc) is 2.67. The number of hydrogen-bond donors (Lipinski definition) is 2. The first-order valence-electron chi connectivity index (χ1n) is 10.5. The molecular weight excluding hydrogens is 425 g/mol. The van der Waals surface area contributed by atoms with Crippen molar-refractivity contribution in [1.82, 2.24) is 14.9 Å². The van der Waals surface area contributed by atoms with E-state index in [4.69, 9.17) is 0 Å². The van der Waals surface area contributed by atoms with Crippen molar-refractivity contribution in [3.63, 3.8) is 0 Å². The van der Waals surface area contributed by atoms with Crippen molar-refractivity contribution in [3.05, 3.63) is 30.1 Å². The molecule has 3 unspecified atom stereocenters. The third kappa shape index (κ3) is 7.83. The summed E-state index contributed by atoms with van der Waals surface area (Å²) in [5, 5.41) is 2.85. The molecule has 1 aliphatic heterocycles. The lowest BCUT2D eigenvalue weighted by Crippen LogP contribution is -2.47. The third-order valence-electron chi connectivity index (χ3n) is 5.25. The SMILES string of the molecule is CSCCC(NS(=O)(=O)c1ccccc1F)C(=O)NCCCN1CC(C)CC(C)C1. The van der Waals surface area contributed by atoms with Gasteiger partial charge in [-0.1, -0.05) is 26.0 Å². The number of thioether (sulfide) groups is 1. The summed E-state index contributed by atoms with van der Waals surface area (Å²) in [5.74, 6) is 0.781. The maximum absolute atomic E-state index is 13.9. The molecule has 0 saturated carbocycles. The quantitative estimate of drug-likeness (QED) is 0.498. The Kier molecular flexibility index (Phi) is 10.1. The van der Waals surface area contributed by atoms with E-state index in [0.29, 0.717) is 30.6 Å². The van der Waals surface area contributed by atoms with E-state index >= 15 is 0 Å². The number of nitrogens with zero attached hydrogens (tertiary/aromatic N) is 1. The van der Waals surface area contributed by atoms with Gasteiger partial charge in [0.05, 0.1) is 0 Å². The summed E-state index contributed by atoms with van der Waals surface area (Å²) >= 11 is 1.52. The van der Waals surface area contributed by atoms with E-state index in [-0.39, 0.29) is 5.91 Å². The van der Waals surface area contributed by atoms with E-state index < -0.39 is 26.8 Å². The van der Waals surface area contributed by atoms with Crippen LogP contribution < -0.4 is 10.0 Å². The Morgan fingerprint density at radius 3 is 2.57 bits per heavy atom. The molecule has 1 heterocycles. The van der Waals surface area contributed by atoms with Gasteiger partial charge in [0.2, 0.25) is 15.9 Å². The van der Waals surface area contributed by atoms with Crippen molar-refractivity contribution in [2.45, 2.75) is 44.0 Å². The minimum atomic E-state index is -4.13. The number of piperidine rings is 1. The fraction of sp³-hybridized carbons (Fsp3) is 0.667. The van der Waals surface area contributed by atoms with Gasteiger partial charge >= 0.3 is 0 Å². The number of carbonyl (C=O) groups excluding carboxylic acids is 1. The minimum absolute atomic E-state index is 0.335. The Hall–Kier alpha value is -1.16. The number of nitrogens with one attached hydrogen (secondary N) is 2. The molecule has 3 atom stereocenters. The highest BCUT2D eigenvalue weighted by molar-refractivity contribution is 7.98. The number of carbonyl (C=O) groups is 1. The molecule has 0 radical (unpaired) electrons. The Morgan fingerprint density at radius 1 is 1.27 bits per heavy atom. The lowest BCUT2D eigenvalue weighted by molar-refractivity contribution is -0.122. The molecule has 0 bridgehead atoms. The topological polar surface area (TPSA) is 78.5 Å². The smallest absolute Gasteiger partial charge is 0.244 e. The van der Waals surface area contributed by atoms with Crippen LogP contribution in [0.25, 0.3) is 0 Å². The van der Waals surface area contributed by atoms with Gasteiger partial charge in [0, 0.05) is 19.6 Å². The fourth-order valence-corrected chi connectivity index (χ4v) is 5.79. The van der Waals surface area contributed by atoms with Crippen LogP contribution in [0, 0.1) is 17.7 Å². The average molecular weight is 460 g/mol. The highest BCUT2D eigenvalue weighted by Gasteiger charge is 2.27. The van der Waals surface area contributed by atoms with Crippen LogP contribution in [-0.2, 0) is 14.8 Å². The number of halogens is 1. The van der Waals surface area contributed by atoms with E-state index in [1.54, 1.807) is 0 Å². The summed E-state index contributed by atoms with van der Waals surface area (Å²) < 4.78 is 41.5. The van der Waals surface area contributed by atoms with Crippen LogP contribution in [0.4, 0.5) is 4.39 Å². The molecule has 9 heteroatoms. The summed E-state index contributed by atoms with van der Waals surface area (Å²) in [4.78, 5) is 14.6. The van der Waals surface area contributed by atoms with E-state index in [9.17, 15) is 17.6 Å². The van der Waals surface area contributed by atoms with Gasteiger partial charge in [-0.15, -0.1) is 0 Å². The second-order valence-corrected chi connectivity index (χ2v) is 10.9. The normalized spacial score (nSPS) is 21.3. The standard InChI is InChI=1S/C21H34FN3O3S2/c1-16-13-17(2)15-25(14-16)11-6-10-23-21(26)19(9-12-29-3)24-30(27,28)20-8-5-4-7-18(20)22/h4-5,7-8,16-17,19,24H,6,9-15H2,1-3H3,(H,23,26). The van der Waals surface area contributed by atoms with Crippen LogP contribution in [0.2, 0.25) is 0 Å². The van der Waals surface area contributed by atoms with Gasteiger partial charge in [-0.25, -0.2) is 12.8 Å². The predicted octanol–water partition coefficient (Wildman–Crippen LogP) is 2.71. The first kappa shape index (κ1) is 25.1. The van der Waals surface area contributed by atoms with Gasteiger partial charge in [-0.2, -0.15) is 16.5 Å². The van der Waals surface area contributed by atoms with Gasteiger partial charge in [0.1, 0.15) is 16.8 Å². The molecule has 30 heavy (non-hydrogen) atoms. The Morgan fingerprint density at radius 2 is 1.93 bits per heavy atom. The van der Waals surface area contributed by atoms with Gasteiger partial charge in [-0.05, 0) is 61.8 Å². The Balaban J connectivity index is 1.89. The first-order chi connectivity index (χ1) is 14.2. The summed E-state index contributed by atoms with van der Waals surface area (Å²) in [6, 6.07) is 4.24. The Bertz CT molecular complexity index is 781. The molecule has 1 saturated heterocycles. The van der Waals surface area contributed by atoms with Crippen molar-refractivity contribution in [2.75, 3.05) is 38.2 Å². The molecule has 6 nitrogen and oxygen atoms in total. The molecule has 1 aliphatic rings. The molecule has 1 aromatic carbocycles. The maximum Gasteiger partial charge on any atom is 0.244 e. The predicted molar refractivity (Wildman–Crippen MR) is 121 cm³/mol. The second-order valence-electron chi connectivity index (χ2n) is 8.24. The molecule has 1 aromatic rings. The molecular formula is C21H34FN3O3S2. The van der Waals surface area contributed by atoms with E-state index in [1.807, 2.05) is 6.26 Å². The zero-order valence-electron chi connectivity index (χ0n) is 18.1. The second kappa shape index (κ2) is 12.0. The van der Waals surface area contributed by atoms with Crippen molar-refractivity contribution in [2.24, 2.45) is 11.8 Å². The van der Waals surface area contributed by atoms with Gasteiger partial charge < -0.3 is 10.2 Å². The van der Waals surface area contributed by atoms with Crippen LogP contribution in [0.5, 0.6) is 0 Å². The largest absolute Gasteiger partial charge is 0.355 e. The molecule has 1 fully saturated rings. The monoisotopic (exact) mass is 459 g/mol. The molecule has 0 aromatic heterocycles. The molecule has 2 rings (SSSR count). The molecule has 2 N–H and O–H groups in total. The van der Waals surface area contributed by atoms with Crippen LogP contribution in [0.1, 0.15) is 33.1 Å². The molecule has 0 spiro atoms. The number of hydrogen-bond acceptors (Lipinski definition) is 5. The number of rotatable bonds is 11. The van der Waals surface area contributed by atoms with E-state index in [1.165, 1.54) is 36.4 Å². The van der Waals surface area contributed by atoms with Crippen LogP contribution in [-0.4, -0.2) is 63.5 Å². The molecule has 170 valence electrons. The van der Waals surface area contributed by atoms with Crippen molar-refractivity contribution in [3.8, 4) is 0 Å². The highest BCUT2D eigenvalue weighted by Crippen LogP contribution is 2.20. The lowest BCUT2D eigenvalue weighted by atomic mass is 9.92. The maximum atomic E-state index is 13.9. The number of benzene rings is 1. The lowest BCUT2D eigenvalue weighted by Gasteiger charge is -2.35. The van der Waals surface area contributed by atoms with Gasteiger partial charge in [0.25, 0.3) is 0 Å². The van der Waals surface area contributed by atoms with E-state index in [2.05, 4.69) is 28.8 Å². The van der Waals surface area contributed by atoms with Crippen molar-refractivity contribution in [1.29, 1.82) is 0 Å². The minimum Gasteiger partial charge on any atom is -0.355 e. The van der Waals surface area contributed by atoms with Gasteiger partial charge in [-0.3, -0.25) is 4.79 Å². The molecule has 0 aliphatic carbocycles. The van der Waals surface area contributed by atoms with Crippen molar-refractivity contribution >= 4 is 27.7 Å². The zero-order valence-corrected chi connectivity index (χ0v) is 19.7. The fourth-order valence-electron chi connectivity index (χ4n) is 4.00. The highest BCUT2D eigenvalue weighted by atomic mass is 32.2. The summed E-state index contributed by atoms with van der Waals surface area (Å²) in [7, 11) is -4.13. The third-order valence-corrected chi connectivity index (χ3v) is 7.39. The van der Waals surface area contributed by atoms with Crippen molar-refractivity contribution < 1.29 is 17.6 Å². The number of sulfonamides is 1. The number of amides is 1. The summed E-state index contributed by atoms with van der Waals surface area (Å²) in [6.07, 6.45) is 4.29. The van der Waals surface area contributed by atoms with Crippen LogP contribution >= 0.6 is 11.8 Å². The van der Waals surface area contributed by atoms with Gasteiger partial charge in [0.15, 0.2) is 0 Å². The zero-order chi connectivity index (χ0) is 22.1. The number of likely N-dealkylation sites (tertiary alicyclic amines) is 1. The van der Waals surface area contributed by atoms with Crippen LogP contribution in [0.3, 0.4) is 0 Å². The van der Waals surface area contributed by atoms with E-state index in [0.717, 1.165) is 32.1 Å². The first-order valence-corrected chi connectivity index (χ1v) is 13.4. The Labute approximate surface area is 184 Å². The molecule has 1 amide bonds. The summed E-state index contributed by atoms with van der Waals surface area (Å²) in [6.45, 7) is 8.08. The summed E-state index contributed by atoms with van der Waals surface area (Å²) in [5.41, 5.74) is 0.